The van der Waals surface area contributed by atoms with Crippen LogP contribution in [0.15, 0.2) is 78.0 Å². The van der Waals surface area contributed by atoms with Gasteiger partial charge in [-0.3, -0.25) is 19.3 Å². The fourth-order valence-corrected chi connectivity index (χ4v) is 3.48. The van der Waals surface area contributed by atoms with Crippen LogP contribution < -0.4 is 11.2 Å². The smallest absolute Gasteiger partial charge is 0.103 e. The number of hydrazine groups is 1. The minimum atomic E-state index is 0.605. The number of nitrogens with one attached hydrogen (secondary N) is 1. The van der Waals surface area contributed by atoms with Gasteiger partial charge in [-0.2, -0.15) is 5.26 Å². The maximum absolute atomic E-state index is 9.14. The van der Waals surface area contributed by atoms with E-state index in [1.54, 1.807) is 12.3 Å². The van der Waals surface area contributed by atoms with Crippen molar-refractivity contribution in [3.63, 3.8) is 0 Å². The molecule has 1 aromatic heterocycles. The van der Waals surface area contributed by atoms with Gasteiger partial charge in [0.05, 0.1) is 57.1 Å². The Labute approximate surface area is 159 Å². The lowest BCUT2D eigenvalue weighted by Gasteiger charge is -2.26. The number of pyridine rings is 1. The summed E-state index contributed by atoms with van der Waals surface area (Å²) in [6, 6.07) is 15.4. The van der Waals surface area contributed by atoms with E-state index >= 15 is 0 Å². The Morgan fingerprint density at radius 1 is 1.19 bits per heavy atom. The van der Waals surface area contributed by atoms with E-state index in [2.05, 4.69) is 32.6 Å². The number of rotatable bonds is 3. The number of nitrogens with two attached hydrogens (primary N) is 1. The van der Waals surface area contributed by atoms with Crippen LogP contribution in [-0.2, 0) is 6.54 Å². The number of nitriles is 1. The van der Waals surface area contributed by atoms with E-state index in [-0.39, 0.29) is 0 Å². The molecule has 3 N–H and O–H groups in total. The van der Waals surface area contributed by atoms with E-state index in [4.69, 9.17) is 11.0 Å². The maximum Gasteiger partial charge on any atom is 0.103 e. The number of benzene rings is 1. The van der Waals surface area contributed by atoms with Crippen LogP contribution in [0.4, 0.5) is 0 Å². The van der Waals surface area contributed by atoms with Crippen molar-refractivity contribution in [3.05, 3.63) is 94.8 Å². The van der Waals surface area contributed by atoms with E-state index < -0.39 is 0 Å². The highest BCUT2D eigenvalue weighted by Crippen LogP contribution is 2.38. The summed E-state index contributed by atoms with van der Waals surface area (Å²) in [7, 11) is 0. The molecule has 0 aliphatic carbocycles. The summed E-state index contributed by atoms with van der Waals surface area (Å²) >= 11 is 3.63. The van der Waals surface area contributed by atoms with Crippen molar-refractivity contribution < 1.29 is 0 Å². The zero-order valence-corrected chi connectivity index (χ0v) is 15.3. The van der Waals surface area contributed by atoms with Crippen molar-refractivity contribution in [2.24, 2.45) is 5.73 Å². The number of hydrogen-bond donors (Lipinski definition) is 2. The monoisotopic (exact) mass is 406 g/mol. The molecule has 3 heterocycles. The second kappa shape index (κ2) is 6.58. The Bertz CT molecular complexity index is 987. The topological polar surface area (TPSA) is 81.2 Å². The fraction of sp³-hybridized carbons (Fsp3) is 0.0526. The van der Waals surface area contributed by atoms with E-state index in [0.29, 0.717) is 17.8 Å². The average Bonchev–Trinajstić information content (AvgIpc) is 3.10. The molecule has 0 radical (unpaired) electrons. The van der Waals surface area contributed by atoms with Crippen LogP contribution in [0.2, 0.25) is 0 Å². The SMILES string of the molecule is N#Cc1cccc(C2=CC(N)=C3NN(Cc4ccccn4)C=C3N2Br)c1. The first-order valence-corrected chi connectivity index (χ1v) is 8.70. The summed E-state index contributed by atoms with van der Waals surface area (Å²) in [5, 5.41) is 11.1. The Kier molecular flexibility index (Phi) is 4.11. The molecular formula is C19H15BrN6. The Balaban J connectivity index is 1.65. The molecule has 2 aliphatic rings. The molecule has 0 bridgehead atoms. The normalized spacial score (nSPS) is 15.8. The van der Waals surface area contributed by atoms with Crippen molar-refractivity contribution in [1.29, 1.82) is 5.26 Å². The summed E-state index contributed by atoms with van der Waals surface area (Å²) in [6.45, 7) is 0.612. The van der Waals surface area contributed by atoms with Gasteiger partial charge in [0.2, 0.25) is 0 Å². The third kappa shape index (κ3) is 2.91. The highest BCUT2D eigenvalue weighted by atomic mass is 79.9. The predicted octanol–water partition coefficient (Wildman–Crippen LogP) is 2.95. The summed E-state index contributed by atoms with van der Waals surface area (Å²) < 4.78 is 1.89. The predicted molar refractivity (Wildman–Crippen MR) is 102 cm³/mol. The fourth-order valence-electron chi connectivity index (χ4n) is 2.91. The molecule has 2 aliphatic heterocycles. The summed E-state index contributed by atoms with van der Waals surface area (Å²) in [5.41, 5.74) is 15.3. The Morgan fingerprint density at radius 2 is 2.08 bits per heavy atom. The summed E-state index contributed by atoms with van der Waals surface area (Å²) in [4.78, 5) is 4.35. The van der Waals surface area contributed by atoms with Gasteiger partial charge in [0, 0.05) is 18.0 Å². The van der Waals surface area contributed by atoms with Gasteiger partial charge < -0.3 is 5.73 Å². The van der Waals surface area contributed by atoms with Crippen molar-refractivity contribution in [3.8, 4) is 6.07 Å². The number of fused-ring (bicyclic) bond motifs is 1. The van der Waals surface area contributed by atoms with Gasteiger partial charge in [-0.15, -0.1) is 0 Å². The number of nitrogens with zero attached hydrogens (tertiary/aromatic N) is 4. The first-order valence-electron chi connectivity index (χ1n) is 7.99. The van der Waals surface area contributed by atoms with Crippen molar-refractivity contribution in [1.82, 2.24) is 19.3 Å². The third-order valence-corrected chi connectivity index (χ3v) is 4.90. The van der Waals surface area contributed by atoms with Gasteiger partial charge in [0.25, 0.3) is 0 Å². The van der Waals surface area contributed by atoms with Crippen LogP contribution in [-0.4, -0.2) is 13.9 Å². The largest absolute Gasteiger partial charge is 0.397 e. The van der Waals surface area contributed by atoms with Crippen LogP contribution >= 0.6 is 16.1 Å². The highest BCUT2D eigenvalue weighted by Gasteiger charge is 2.30. The van der Waals surface area contributed by atoms with Gasteiger partial charge in [0.1, 0.15) is 5.70 Å². The zero-order valence-electron chi connectivity index (χ0n) is 13.7. The summed E-state index contributed by atoms with van der Waals surface area (Å²) in [5.74, 6) is 0. The second-order valence-electron chi connectivity index (χ2n) is 5.91. The van der Waals surface area contributed by atoms with Gasteiger partial charge in [-0.1, -0.05) is 18.2 Å². The Morgan fingerprint density at radius 3 is 2.85 bits per heavy atom. The summed E-state index contributed by atoms with van der Waals surface area (Å²) in [6.07, 6.45) is 5.64. The van der Waals surface area contributed by atoms with E-state index in [9.17, 15) is 0 Å². The van der Waals surface area contributed by atoms with E-state index in [0.717, 1.165) is 28.3 Å². The van der Waals surface area contributed by atoms with Gasteiger partial charge >= 0.3 is 0 Å². The number of allylic oxidation sites excluding steroid dienone is 1. The van der Waals surface area contributed by atoms with Gasteiger partial charge in [0.15, 0.2) is 0 Å². The van der Waals surface area contributed by atoms with Gasteiger partial charge in [-0.25, -0.2) is 0 Å². The molecule has 7 heteroatoms. The number of aromatic nitrogens is 1. The lowest BCUT2D eigenvalue weighted by atomic mass is 10.0. The number of halogens is 1. The minimum absolute atomic E-state index is 0.605. The molecule has 2 aromatic rings. The zero-order chi connectivity index (χ0) is 18.1. The van der Waals surface area contributed by atoms with Crippen LogP contribution in [0.3, 0.4) is 0 Å². The average molecular weight is 407 g/mol. The second-order valence-corrected chi connectivity index (χ2v) is 6.62. The van der Waals surface area contributed by atoms with Crippen molar-refractivity contribution in [2.45, 2.75) is 6.54 Å². The first kappa shape index (κ1) is 16.2. The van der Waals surface area contributed by atoms with Crippen molar-refractivity contribution in [2.75, 3.05) is 0 Å². The molecule has 6 nitrogen and oxygen atoms in total. The standard InChI is InChI=1S/C19H15BrN6/c20-26-17(14-5-3-4-13(8-14)10-21)9-16(22)19-18(26)12-25(24-19)11-15-6-1-2-7-23-15/h1-9,12,24H,11,22H2. The molecular weight excluding hydrogens is 392 g/mol. The van der Waals surface area contributed by atoms with E-state index in [1.165, 1.54) is 0 Å². The highest BCUT2D eigenvalue weighted by molar-refractivity contribution is 9.07. The number of hydrogen-bond acceptors (Lipinski definition) is 6. The molecule has 1 aromatic carbocycles. The molecule has 0 unspecified atom stereocenters. The molecule has 0 saturated carbocycles. The molecule has 0 saturated heterocycles. The van der Waals surface area contributed by atoms with E-state index in [1.807, 2.05) is 57.6 Å². The van der Waals surface area contributed by atoms with Crippen molar-refractivity contribution >= 4 is 21.8 Å². The molecule has 128 valence electrons. The quantitative estimate of drug-likeness (QED) is 0.762. The van der Waals surface area contributed by atoms with Gasteiger partial charge in [-0.05, 0) is 30.3 Å². The molecule has 0 spiro atoms. The van der Waals surface area contributed by atoms with Crippen LogP contribution in [0.5, 0.6) is 0 Å². The molecule has 0 amide bonds. The first-order chi connectivity index (χ1) is 12.7. The molecule has 26 heavy (non-hydrogen) atoms. The lowest BCUT2D eigenvalue weighted by Crippen LogP contribution is -2.30. The third-order valence-electron chi connectivity index (χ3n) is 4.14. The lowest BCUT2D eigenvalue weighted by molar-refractivity contribution is 0.312. The van der Waals surface area contributed by atoms with Crippen LogP contribution in [0.1, 0.15) is 16.8 Å². The molecule has 0 fully saturated rings. The van der Waals surface area contributed by atoms with Crippen LogP contribution in [0, 0.1) is 11.3 Å². The molecule has 0 atom stereocenters. The van der Waals surface area contributed by atoms with Crippen LogP contribution in [0.25, 0.3) is 5.70 Å². The Hall–Kier alpha value is -3.24. The minimum Gasteiger partial charge on any atom is -0.397 e. The maximum atomic E-state index is 9.14. The molecule has 4 rings (SSSR count).